The van der Waals surface area contributed by atoms with E-state index >= 15 is 0 Å². The van der Waals surface area contributed by atoms with Gasteiger partial charge in [-0.15, -0.1) is 0 Å². The van der Waals surface area contributed by atoms with Gasteiger partial charge in [0.1, 0.15) is 34.5 Å². The van der Waals surface area contributed by atoms with Gasteiger partial charge >= 0.3 is 6.16 Å². The molecule has 1 aliphatic heterocycles. The Balaban J connectivity index is 0.00000370. The van der Waals surface area contributed by atoms with Gasteiger partial charge in [-0.1, -0.05) is 54.6 Å². The molecule has 0 saturated carbocycles. The van der Waals surface area contributed by atoms with Crippen LogP contribution in [0.3, 0.4) is 0 Å². The van der Waals surface area contributed by atoms with E-state index in [-0.39, 0.29) is 28.5 Å². The summed E-state index contributed by atoms with van der Waals surface area (Å²) in [4.78, 5) is 28.3. The van der Waals surface area contributed by atoms with E-state index in [1.165, 1.54) is 15.9 Å². The van der Waals surface area contributed by atoms with Crippen LogP contribution in [0.25, 0.3) is 0 Å². The van der Waals surface area contributed by atoms with Crippen LogP contribution >= 0.6 is 7.26 Å². The van der Waals surface area contributed by atoms with E-state index < -0.39 is 19.0 Å². The third-order valence-corrected chi connectivity index (χ3v) is 11.6. The maximum Gasteiger partial charge on any atom is 0.514 e. The van der Waals surface area contributed by atoms with Crippen LogP contribution in [-0.2, 0) is 9.53 Å². The zero-order chi connectivity index (χ0) is 27.5. The van der Waals surface area contributed by atoms with Gasteiger partial charge in [-0.05, 0) is 81.4 Å². The highest BCUT2D eigenvalue weighted by Gasteiger charge is 2.58. The van der Waals surface area contributed by atoms with Crippen molar-refractivity contribution in [2.24, 2.45) is 0 Å². The van der Waals surface area contributed by atoms with Gasteiger partial charge in [0.05, 0.1) is 0 Å². The Morgan fingerprint density at radius 3 is 1.62 bits per heavy atom. The highest BCUT2D eigenvalue weighted by molar-refractivity contribution is 7.97. The summed E-state index contributed by atoms with van der Waals surface area (Å²) >= 11 is 0. The number of ether oxygens (including phenoxy) is 2. The molecule has 0 aliphatic carbocycles. The number of carbonyl (C=O) groups is 2. The fourth-order valence-electron chi connectivity index (χ4n) is 5.32. The SMILES string of the molecule is CC(C)(C)OC(=O)Oc1ccc(N2CC[C@@H]([P+](c3ccccc3)(c3ccccc3)c3ccccc3)C2=O)cc1.[Br-]. The number of anilines is 1. The van der Waals surface area contributed by atoms with E-state index in [0.717, 1.165) is 12.1 Å². The normalized spacial score (nSPS) is 15.3. The first-order valence-corrected chi connectivity index (χ1v) is 15.0. The number of amides is 1. The number of nitrogens with zero attached hydrogens (tertiary/aromatic N) is 1. The molecule has 1 fully saturated rings. The van der Waals surface area contributed by atoms with Crippen LogP contribution in [0, 0.1) is 0 Å². The Kier molecular flexibility index (Phi) is 9.12. The Morgan fingerprint density at radius 1 is 0.750 bits per heavy atom. The Hall–Kier alpha value is -3.47. The second kappa shape index (κ2) is 12.4. The topological polar surface area (TPSA) is 55.8 Å². The van der Waals surface area contributed by atoms with Crippen molar-refractivity contribution in [1.82, 2.24) is 0 Å². The summed E-state index contributed by atoms with van der Waals surface area (Å²) in [6.45, 7) is 5.98. The highest BCUT2D eigenvalue weighted by Crippen LogP contribution is 2.62. The number of benzene rings is 4. The molecule has 0 spiro atoms. The smallest absolute Gasteiger partial charge is 0.514 e. The third kappa shape index (κ3) is 5.99. The Morgan fingerprint density at radius 2 is 1.20 bits per heavy atom. The lowest BCUT2D eigenvalue weighted by atomic mass is 10.2. The van der Waals surface area contributed by atoms with Crippen LogP contribution in [0.15, 0.2) is 115 Å². The predicted molar refractivity (Wildman–Crippen MR) is 159 cm³/mol. The number of hydrogen-bond acceptors (Lipinski definition) is 4. The summed E-state index contributed by atoms with van der Waals surface area (Å²) in [6, 6.07) is 38.6. The molecule has 1 heterocycles. The van der Waals surface area contributed by atoms with Crippen LogP contribution in [0.4, 0.5) is 10.5 Å². The van der Waals surface area contributed by atoms with Gasteiger partial charge in [0, 0.05) is 18.7 Å². The molecule has 5 rings (SSSR count). The number of rotatable bonds is 6. The van der Waals surface area contributed by atoms with E-state index in [9.17, 15) is 9.59 Å². The molecule has 1 atom stereocenters. The average Bonchev–Trinajstić information content (AvgIpc) is 3.32. The van der Waals surface area contributed by atoms with Gasteiger partial charge in [-0.2, -0.15) is 0 Å². The minimum absolute atomic E-state index is 0. The molecular weight excluding hydrogens is 585 g/mol. The van der Waals surface area contributed by atoms with Crippen LogP contribution in [0.2, 0.25) is 0 Å². The molecule has 0 N–H and O–H groups in total. The van der Waals surface area contributed by atoms with Crippen LogP contribution < -0.4 is 42.5 Å². The molecular formula is C33H33BrNO4P. The van der Waals surface area contributed by atoms with E-state index in [1.54, 1.807) is 32.9 Å². The Labute approximate surface area is 247 Å². The molecule has 0 bridgehead atoms. The van der Waals surface area contributed by atoms with Crippen molar-refractivity contribution in [3.05, 3.63) is 115 Å². The van der Waals surface area contributed by atoms with Crippen molar-refractivity contribution in [2.45, 2.75) is 38.5 Å². The first-order valence-electron chi connectivity index (χ1n) is 13.2. The molecule has 0 radical (unpaired) electrons. The maximum atomic E-state index is 14.3. The molecule has 4 aromatic rings. The maximum absolute atomic E-state index is 14.3. The summed E-state index contributed by atoms with van der Waals surface area (Å²) in [5.41, 5.74) is -0.0615. The van der Waals surface area contributed by atoms with Crippen molar-refractivity contribution < 1.29 is 36.0 Å². The molecule has 40 heavy (non-hydrogen) atoms. The lowest BCUT2D eigenvalue weighted by molar-refractivity contribution is -0.116. The summed E-state index contributed by atoms with van der Waals surface area (Å²) in [7, 11) is -2.34. The molecule has 1 saturated heterocycles. The van der Waals surface area contributed by atoms with Gasteiger partial charge in [-0.25, -0.2) is 4.79 Å². The largest absolute Gasteiger partial charge is 1.00 e. The summed E-state index contributed by atoms with van der Waals surface area (Å²) in [5, 5.41) is 3.59. The molecule has 7 heteroatoms. The first kappa shape index (κ1) is 29.5. The number of halogens is 1. The van der Waals surface area contributed by atoms with Gasteiger partial charge in [-0.3, -0.25) is 4.79 Å². The molecule has 1 aliphatic rings. The molecule has 0 aromatic heterocycles. The standard InChI is InChI=1S/C33H33NO4P.BrH/c1-33(2,3)38-32(36)37-26-21-19-25(20-22-26)34-24-23-30(31(34)35)39(27-13-7-4-8-14-27,28-15-9-5-10-16-28)29-17-11-6-12-18-29;/h4-22,30H,23-24H2,1-3H3;1H/q+1;/p-1/t30-;/m1./s1. The summed E-state index contributed by atoms with van der Waals surface area (Å²) < 4.78 is 10.6. The predicted octanol–water partition coefficient (Wildman–Crippen LogP) is 3.10. The van der Waals surface area contributed by atoms with E-state index in [2.05, 4.69) is 72.8 Å². The zero-order valence-electron chi connectivity index (χ0n) is 22.9. The lowest BCUT2D eigenvalue weighted by Gasteiger charge is -2.32. The highest BCUT2D eigenvalue weighted by atomic mass is 79.9. The second-order valence-corrected chi connectivity index (χ2v) is 14.2. The quantitative estimate of drug-likeness (QED) is 0.190. The molecule has 1 amide bonds. The number of hydrogen-bond donors (Lipinski definition) is 0. The van der Waals surface area contributed by atoms with E-state index in [0.29, 0.717) is 12.3 Å². The molecule has 5 nitrogen and oxygen atoms in total. The third-order valence-electron chi connectivity index (χ3n) is 6.87. The number of carbonyl (C=O) groups excluding carboxylic acids is 2. The van der Waals surface area contributed by atoms with Gasteiger partial charge in [0.25, 0.3) is 5.91 Å². The Bertz CT molecular complexity index is 1330. The zero-order valence-corrected chi connectivity index (χ0v) is 25.3. The van der Waals surface area contributed by atoms with Gasteiger partial charge in [0.15, 0.2) is 5.66 Å². The van der Waals surface area contributed by atoms with Crippen molar-refractivity contribution >= 4 is 40.9 Å². The lowest BCUT2D eigenvalue weighted by Crippen LogP contribution is -3.00. The molecule has 206 valence electrons. The van der Waals surface area contributed by atoms with Crippen LogP contribution in [-0.4, -0.2) is 29.9 Å². The monoisotopic (exact) mass is 617 g/mol. The van der Waals surface area contributed by atoms with Crippen molar-refractivity contribution in [3.63, 3.8) is 0 Å². The van der Waals surface area contributed by atoms with Crippen LogP contribution in [0.5, 0.6) is 5.75 Å². The minimum Gasteiger partial charge on any atom is -1.00 e. The van der Waals surface area contributed by atoms with Crippen LogP contribution in [0.1, 0.15) is 27.2 Å². The van der Waals surface area contributed by atoms with E-state index in [1.807, 2.05) is 35.2 Å². The molecule has 4 aromatic carbocycles. The summed E-state index contributed by atoms with van der Waals surface area (Å²) in [5.74, 6) is 0.483. The second-order valence-electron chi connectivity index (χ2n) is 10.6. The molecule has 0 unspecified atom stereocenters. The van der Waals surface area contributed by atoms with Gasteiger partial charge < -0.3 is 31.4 Å². The minimum atomic E-state index is -2.34. The average molecular weight is 619 g/mol. The van der Waals surface area contributed by atoms with Gasteiger partial charge in [0.2, 0.25) is 0 Å². The fraction of sp³-hybridized carbons (Fsp3) is 0.212. The summed E-state index contributed by atoms with van der Waals surface area (Å²) in [6.07, 6.45) is -0.0164. The first-order chi connectivity index (χ1) is 18.8. The van der Waals surface area contributed by atoms with Crippen molar-refractivity contribution in [3.8, 4) is 5.75 Å². The van der Waals surface area contributed by atoms with Crippen molar-refractivity contribution in [1.29, 1.82) is 0 Å². The fourth-order valence-corrected chi connectivity index (χ4v) is 10.2. The van der Waals surface area contributed by atoms with Crippen molar-refractivity contribution in [2.75, 3.05) is 11.4 Å². The van der Waals surface area contributed by atoms with E-state index in [4.69, 9.17) is 9.47 Å².